The van der Waals surface area contributed by atoms with E-state index in [1.54, 1.807) is 30.1 Å². The van der Waals surface area contributed by atoms with Gasteiger partial charge < -0.3 is 5.32 Å². The van der Waals surface area contributed by atoms with Crippen molar-refractivity contribution >= 4 is 61.4 Å². The van der Waals surface area contributed by atoms with Crippen molar-refractivity contribution in [1.82, 2.24) is 10.3 Å². The number of pyridine rings is 1. The highest BCUT2D eigenvalue weighted by Crippen LogP contribution is 2.39. The number of aromatic nitrogens is 1. The van der Waals surface area contributed by atoms with Gasteiger partial charge in [0.2, 0.25) is 0 Å². The molecule has 25 heavy (non-hydrogen) atoms. The van der Waals surface area contributed by atoms with Crippen LogP contribution in [0.5, 0.6) is 0 Å². The van der Waals surface area contributed by atoms with Gasteiger partial charge in [-0.2, -0.15) is 0 Å². The van der Waals surface area contributed by atoms with E-state index in [0.717, 1.165) is 21.0 Å². The second-order valence-corrected chi connectivity index (χ2v) is 9.05. The number of nitrogens with one attached hydrogen (secondary N) is 1. The number of carbonyl (C=O) groups excluding carboxylic acids is 1. The number of rotatable bonds is 3. The summed E-state index contributed by atoms with van der Waals surface area (Å²) in [4.78, 5) is 21.8. The third-order valence-electron chi connectivity index (χ3n) is 3.95. The number of amidine groups is 1. The quantitative estimate of drug-likeness (QED) is 0.459. The number of thioether (sulfide) groups is 1. The molecule has 7 heteroatoms. The number of hydrogen-bond acceptors (Lipinski definition) is 4. The lowest BCUT2D eigenvalue weighted by Gasteiger charge is -2.34. The molecule has 1 aromatic carbocycles. The first-order valence-corrected chi connectivity index (χ1v) is 11.0. The summed E-state index contributed by atoms with van der Waals surface area (Å²) in [7, 11) is 0. The van der Waals surface area contributed by atoms with Gasteiger partial charge in [0.1, 0.15) is 5.54 Å². The Labute approximate surface area is 173 Å². The normalized spacial score (nSPS) is 23.0. The first kappa shape index (κ1) is 18.8. The standard InChI is InChI=1S/C18H17BrIN3OS/c1-18(15-9-13(19)7-8-21-15)10-14(11-20)25-17(23-18)22-16(24)12-5-3-2-4-6-12/h2-9,14H,10-11H2,1H3,(H,22,23,24)/t14-,18-/m0/s1. The molecule has 2 heterocycles. The number of carbonyl (C=O) groups is 1. The minimum atomic E-state index is -0.454. The van der Waals surface area contributed by atoms with Crippen molar-refractivity contribution in [3.05, 3.63) is 64.4 Å². The lowest BCUT2D eigenvalue weighted by molar-refractivity contribution is 0.0977. The summed E-state index contributed by atoms with van der Waals surface area (Å²) in [6, 6.07) is 13.1. The number of halogens is 2. The van der Waals surface area contributed by atoms with E-state index in [0.29, 0.717) is 16.0 Å². The topological polar surface area (TPSA) is 54.4 Å². The molecular weight excluding hydrogens is 513 g/mol. The van der Waals surface area contributed by atoms with Crippen LogP contribution in [0.3, 0.4) is 0 Å². The van der Waals surface area contributed by atoms with Gasteiger partial charge in [-0.3, -0.25) is 9.78 Å². The van der Waals surface area contributed by atoms with E-state index in [1.165, 1.54) is 0 Å². The Morgan fingerprint density at radius 2 is 2.16 bits per heavy atom. The zero-order chi connectivity index (χ0) is 17.9. The SMILES string of the molecule is C[C@@]1(c2cc(Br)ccn2)C[C@@H](CI)SC(NC(=O)c2ccccc2)=N1. The molecular formula is C18H17BrIN3OS. The van der Waals surface area contributed by atoms with E-state index in [4.69, 9.17) is 4.99 Å². The Bertz CT molecular complexity index is 802. The molecule has 1 N–H and O–H groups in total. The highest BCUT2D eigenvalue weighted by atomic mass is 127. The minimum absolute atomic E-state index is 0.134. The van der Waals surface area contributed by atoms with Crippen LogP contribution in [-0.4, -0.2) is 25.7 Å². The maximum absolute atomic E-state index is 12.5. The van der Waals surface area contributed by atoms with Crippen molar-refractivity contribution < 1.29 is 4.79 Å². The third kappa shape index (κ3) is 4.62. The van der Waals surface area contributed by atoms with E-state index < -0.39 is 5.54 Å². The Kier molecular flexibility index (Phi) is 6.17. The summed E-state index contributed by atoms with van der Waals surface area (Å²) in [5, 5.41) is 4.00. The van der Waals surface area contributed by atoms with E-state index in [2.05, 4.69) is 55.7 Å². The van der Waals surface area contributed by atoms with Crippen LogP contribution in [0.1, 0.15) is 29.4 Å². The van der Waals surface area contributed by atoms with Crippen LogP contribution >= 0.6 is 50.3 Å². The molecule has 1 aliphatic heterocycles. The Morgan fingerprint density at radius 3 is 2.84 bits per heavy atom. The lowest BCUT2D eigenvalue weighted by atomic mass is 9.92. The van der Waals surface area contributed by atoms with Gasteiger partial charge in [0.15, 0.2) is 5.17 Å². The average Bonchev–Trinajstić information content (AvgIpc) is 2.62. The van der Waals surface area contributed by atoms with Gasteiger partial charge in [-0.25, -0.2) is 4.99 Å². The van der Waals surface area contributed by atoms with Gasteiger partial charge in [-0.15, -0.1) is 0 Å². The molecule has 1 aliphatic rings. The molecule has 0 radical (unpaired) electrons. The van der Waals surface area contributed by atoms with E-state index in [-0.39, 0.29) is 5.91 Å². The summed E-state index contributed by atoms with van der Waals surface area (Å²) >= 11 is 7.52. The monoisotopic (exact) mass is 529 g/mol. The number of amides is 1. The first-order chi connectivity index (χ1) is 12.0. The maximum Gasteiger partial charge on any atom is 0.257 e. The summed E-state index contributed by atoms with van der Waals surface area (Å²) in [5.74, 6) is -0.134. The molecule has 2 aromatic rings. The molecule has 2 atom stereocenters. The van der Waals surface area contributed by atoms with Crippen molar-refractivity contribution in [3.8, 4) is 0 Å². The van der Waals surface area contributed by atoms with Crippen molar-refractivity contribution in [2.24, 2.45) is 4.99 Å². The van der Waals surface area contributed by atoms with Crippen molar-refractivity contribution in [2.45, 2.75) is 24.1 Å². The van der Waals surface area contributed by atoms with Crippen LogP contribution in [0.4, 0.5) is 0 Å². The molecule has 0 aliphatic carbocycles. The highest BCUT2D eigenvalue weighted by molar-refractivity contribution is 14.1. The molecule has 4 nitrogen and oxygen atoms in total. The molecule has 0 saturated heterocycles. The molecule has 0 bridgehead atoms. The fourth-order valence-corrected chi connectivity index (χ4v) is 5.08. The van der Waals surface area contributed by atoms with Crippen molar-refractivity contribution in [2.75, 3.05) is 4.43 Å². The van der Waals surface area contributed by atoms with Gasteiger partial charge in [0, 0.05) is 25.9 Å². The van der Waals surface area contributed by atoms with Gasteiger partial charge in [-0.1, -0.05) is 68.5 Å². The Balaban J connectivity index is 1.89. The highest BCUT2D eigenvalue weighted by Gasteiger charge is 2.36. The van der Waals surface area contributed by atoms with Gasteiger partial charge >= 0.3 is 0 Å². The predicted molar refractivity (Wildman–Crippen MR) is 116 cm³/mol. The predicted octanol–water partition coefficient (Wildman–Crippen LogP) is 4.79. The van der Waals surface area contributed by atoms with Crippen LogP contribution < -0.4 is 5.32 Å². The van der Waals surface area contributed by atoms with Gasteiger partial charge in [0.05, 0.1) is 5.69 Å². The zero-order valence-corrected chi connectivity index (χ0v) is 18.1. The van der Waals surface area contributed by atoms with Crippen molar-refractivity contribution in [3.63, 3.8) is 0 Å². The molecule has 1 amide bonds. The summed E-state index contributed by atoms with van der Waals surface area (Å²) < 4.78 is 1.96. The second-order valence-electron chi connectivity index (χ2n) is 5.97. The lowest BCUT2D eigenvalue weighted by Crippen LogP contribution is -2.39. The largest absolute Gasteiger partial charge is 0.301 e. The summed E-state index contributed by atoms with van der Waals surface area (Å²) in [6.07, 6.45) is 2.66. The summed E-state index contributed by atoms with van der Waals surface area (Å²) in [6.45, 7) is 2.08. The van der Waals surface area contributed by atoms with E-state index in [9.17, 15) is 4.79 Å². The van der Waals surface area contributed by atoms with Crippen molar-refractivity contribution in [1.29, 1.82) is 0 Å². The molecule has 130 valence electrons. The average molecular weight is 530 g/mol. The third-order valence-corrected chi connectivity index (χ3v) is 7.19. The zero-order valence-electron chi connectivity index (χ0n) is 13.6. The minimum Gasteiger partial charge on any atom is -0.301 e. The molecule has 1 aromatic heterocycles. The molecule has 3 rings (SSSR count). The first-order valence-electron chi connectivity index (χ1n) is 7.81. The van der Waals surface area contributed by atoms with E-state index >= 15 is 0 Å². The molecule has 0 fully saturated rings. The van der Waals surface area contributed by atoms with Crippen LogP contribution in [0, 0.1) is 0 Å². The Morgan fingerprint density at radius 1 is 1.40 bits per heavy atom. The number of alkyl halides is 1. The van der Waals surface area contributed by atoms with Gasteiger partial charge in [0.25, 0.3) is 5.91 Å². The van der Waals surface area contributed by atoms with Crippen LogP contribution in [0.25, 0.3) is 0 Å². The number of hydrogen-bond donors (Lipinski definition) is 1. The maximum atomic E-state index is 12.5. The van der Waals surface area contributed by atoms with E-state index in [1.807, 2.05) is 30.3 Å². The number of aliphatic imine (C=N–C) groups is 1. The molecule has 0 spiro atoms. The Hall–Kier alpha value is -0.930. The van der Waals surface area contributed by atoms with Gasteiger partial charge in [-0.05, 0) is 37.6 Å². The second kappa shape index (κ2) is 8.18. The fraction of sp³-hybridized carbons (Fsp3) is 0.278. The van der Waals surface area contributed by atoms with Crippen LogP contribution in [0.15, 0.2) is 58.1 Å². The smallest absolute Gasteiger partial charge is 0.257 e. The fourth-order valence-electron chi connectivity index (χ4n) is 2.70. The van der Waals surface area contributed by atoms with Crippen LogP contribution in [-0.2, 0) is 5.54 Å². The summed E-state index contributed by atoms with van der Waals surface area (Å²) in [5.41, 5.74) is 1.08. The van der Waals surface area contributed by atoms with Crippen LogP contribution in [0.2, 0.25) is 0 Å². The number of benzene rings is 1. The number of nitrogens with zero attached hydrogens (tertiary/aromatic N) is 2. The molecule has 0 unspecified atom stereocenters. The molecule has 0 saturated carbocycles.